The van der Waals surface area contributed by atoms with Crippen molar-refractivity contribution < 1.29 is 9.52 Å². The first-order valence-electron chi connectivity index (χ1n) is 9.44. The number of hydrogen-bond acceptors (Lipinski definition) is 7. The molecule has 0 saturated carbocycles. The van der Waals surface area contributed by atoms with Crippen LogP contribution in [0, 0.1) is 12.3 Å². The summed E-state index contributed by atoms with van der Waals surface area (Å²) in [6, 6.07) is 4.28. The number of aromatic nitrogens is 3. The molecule has 0 aromatic carbocycles. The SMILES string of the molecule is Cc1nnc(C2CC3(CCN(Cc4cccnc4)CC3)CN2CCO)o1. The summed E-state index contributed by atoms with van der Waals surface area (Å²) in [7, 11) is 0. The Morgan fingerprint density at radius 2 is 2.15 bits per heavy atom. The zero-order chi connectivity index (χ0) is 18.0. The van der Waals surface area contributed by atoms with E-state index in [9.17, 15) is 5.11 Å². The highest BCUT2D eigenvalue weighted by molar-refractivity contribution is 5.09. The maximum absolute atomic E-state index is 9.47. The smallest absolute Gasteiger partial charge is 0.233 e. The van der Waals surface area contributed by atoms with Crippen molar-refractivity contribution in [2.24, 2.45) is 5.41 Å². The predicted molar refractivity (Wildman–Crippen MR) is 96.2 cm³/mol. The fourth-order valence-corrected chi connectivity index (χ4v) is 4.50. The summed E-state index contributed by atoms with van der Waals surface area (Å²) < 4.78 is 5.72. The summed E-state index contributed by atoms with van der Waals surface area (Å²) >= 11 is 0. The van der Waals surface area contributed by atoms with E-state index in [-0.39, 0.29) is 18.1 Å². The minimum absolute atomic E-state index is 0.133. The molecule has 7 heteroatoms. The molecule has 0 amide bonds. The van der Waals surface area contributed by atoms with E-state index >= 15 is 0 Å². The van der Waals surface area contributed by atoms with Crippen LogP contribution in [-0.2, 0) is 6.54 Å². The Morgan fingerprint density at radius 3 is 2.81 bits per heavy atom. The highest BCUT2D eigenvalue weighted by Gasteiger charge is 2.47. The van der Waals surface area contributed by atoms with Gasteiger partial charge in [0.25, 0.3) is 0 Å². The Balaban J connectivity index is 1.41. The molecule has 0 aliphatic carbocycles. The second-order valence-corrected chi connectivity index (χ2v) is 7.71. The van der Waals surface area contributed by atoms with Gasteiger partial charge in [-0.15, -0.1) is 10.2 Å². The molecule has 4 heterocycles. The van der Waals surface area contributed by atoms with Gasteiger partial charge < -0.3 is 9.52 Å². The van der Waals surface area contributed by atoms with Gasteiger partial charge in [0.05, 0.1) is 12.6 Å². The summed E-state index contributed by atoms with van der Waals surface area (Å²) in [5, 5.41) is 17.7. The molecule has 2 saturated heterocycles. The van der Waals surface area contributed by atoms with Gasteiger partial charge in [-0.1, -0.05) is 6.07 Å². The quantitative estimate of drug-likeness (QED) is 0.874. The predicted octanol–water partition coefficient (Wildman–Crippen LogP) is 1.79. The Morgan fingerprint density at radius 1 is 1.31 bits per heavy atom. The van der Waals surface area contributed by atoms with Crippen molar-refractivity contribution in [1.82, 2.24) is 25.0 Å². The Labute approximate surface area is 154 Å². The normalized spacial score (nSPS) is 23.7. The molecule has 2 aromatic rings. The van der Waals surface area contributed by atoms with Gasteiger partial charge in [0.1, 0.15) is 0 Å². The maximum atomic E-state index is 9.47. The number of nitrogens with zero attached hydrogens (tertiary/aromatic N) is 5. The van der Waals surface area contributed by atoms with Gasteiger partial charge in [-0.25, -0.2) is 0 Å². The van der Waals surface area contributed by atoms with Crippen LogP contribution in [-0.4, -0.2) is 62.9 Å². The number of β-amino-alcohol motifs (C(OH)–C–C–N with tert-alkyl or cyclic N) is 1. The fourth-order valence-electron chi connectivity index (χ4n) is 4.50. The molecule has 2 aliphatic heterocycles. The third-order valence-corrected chi connectivity index (χ3v) is 5.87. The first-order valence-corrected chi connectivity index (χ1v) is 9.44. The number of hydrogen-bond donors (Lipinski definition) is 1. The topological polar surface area (TPSA) is 78.5 Å². The van der Waals surface area contributed by atoms with Crippen LogP contribution in [0.1, 0.15) is 42.6 Å². The largest absolute Gasteiger partial charge is 0.424 e. The Bertz CT molecular complexity index is 712. The Hall–Kier alpha value is -1.83. The molecular weight excluding hydrogens is 330 g/mol. The van der Waals surface area contributed by atoms with Gasteiger partial charge in [0.2, 0.25) is 11.8 Å². The zero-order valence-corrected chi connectivity index (χ0v) is 15.3. The molecular formula is C19H27N5O2. The van der Waals surface area contributed by atoms with Gasteiger partial charge >= 0.3 is 0 Å². The van der Waals surface area contributed by atoms with Crippen molar-refractivity contribution in [3.8, 4) is 0 Å². The maximum Gasteiger partial charge on any atom is 0.233 e. The van der Waals surface area contributed by atoms with Crippen molar-refractivity contribution in [3.63, 3.8) is 0 Å². The summed E-state index contributed by atoms with van der Waals surface area (Å²) in [6.45, 7) is 6.81. The van der Waals surface area contributed by atoms with Gasteiger partial charge in [0.15, 0.2) is 0 Å². The molecule has 1 unspecified atom stereocenters. The molecule has 4 rings (SSSR count). The number of aliphatic hydroxyl groups is 1. The number of likely N-dealkylation sites (tertiary alicyclic amines) is 2. The molecule has 26 heavy (non-hydrogen) atoms. The van der Waals surface area contributed by atoms with Crippen LogP contribution in [0.15, 0.2) is 28.9 Å². The number of pyridine rings is 1. The number of aryl methyl sites for hydroxylation is 1. The molecule has 0 radical (unpaired) electrons. The number of piperidine rings is 1. The Kier molecular flexibility index (Phi) is 5.02. The molecule has 0 bridgehead atoms. The van der Waals surface area contributed by atoms with Crippen molar-refractivity contribution in [1.29, 1.82) is 0 Å². The summed E-state index contributed by atoms with van der Waals surface area (Å²) in [4.78, 5) is 9.06. The van der Waals surface area contributed by atoms with Crippen molar-refractivity contribution >= 4 is 0 Å². The van der Waals surface area contributed by atoms with Gasteiger partial charge in [-0.2, -0.15) is 0 Å². The van der Waals surface area contributed by atoms with Crippen LogP contribution >= 0.6 is 0 Å². The first-order chi connectivity index (χ1) is 12.7. The molecule has 2 fully saturated rings. The van der Waals surface area contributed by atoms with Crippen LogP contribution in [0.5, 0.6) is 0 Å². The van der Waals surface area contributed by atoms with Crippen molar-refractivity contribution in [2.45, 2.75) is 38.8 Å². The molecule has 2 aromatic heterocycles. The van der Waals surface area contributed by atoms with Crippen LogP contribution in [0.3, 0.4) is 0 Å². The minimum Gasteiger partial charge on any atom is -0.424 e. The minimum atomic E-state index is 0.133. The molecule has 140 valence electrons. The average Bonchev–Trinajstić information content (AvgIpc) is 3.23. The molecule has 2 aliphatic rings. The lowest BCUT2D eigenvalue weighted by Crippen LogP contribution is -2.41. The first kappa shape index (κ1) is 17.6. The second kappa shape index (κ2) is 7.42. The van der Waals surface area contributed by atoms with E-state index in [0.29, 0.717) is 18.3 Å². The summed E-state index contributed by atoms with van der Waals surface area (Å²) in [5.74, 6) is 1.31. The molecule has 1 N–H and O–H groups in total. The van der Waals surface area contributed by atoms with E-state index in [1.54, 1.807) is 0 Å². The molecule has 7 nitrogen and oxygen atoms in total. The van der Waals surface area contributed by atoms with E-state index in [1.807, 2.05) is 25.4 Å². The van der Waals surface area contributed by atoms with Crippen LogP contribution in [0.25, 0.3) is 0 Å². The van der Waals surface area contributed by atoms with E-state index in [1.165, 1.54) is 18.4 Å². The highest BCUT2D eigenvalue weighted by Crippen LogP contribution is 2.48. The lowest BCUT2D eigenvalue weighted by molar-refractivity contribution is 0.0992. The monoisotopic (exact) mass is 357 g/mol. The van der Waals surface area contributed by atoms with Gasteiger partial charge in [-0.3, -0.25) is 14.8 Å². The summed E-state index contributed by atoms with van der Waals surface area (Å²) in [6.07, 6.45) is 7.15. The average molecular weight is 357 g/mol. The third kappa shape index (κ3) is 3.65. The summed E-state index contributed by atoms with van der Waals surface area (Å²) in [5.41, 5.74) is 1.56. The van der Waals surface area contributed by atoms with E-state index < -0.39 is 0 Å². The van der Waals surface area contributed by atoms with Gasteiger partial charge in [0, 0.05) is 39.0 Å². The zero-order valence-electron chi connectivity index (χ0n) is 15.3. The number of aliphatic hydroxyl groups excluding tert-OH is 1. The third-order valence-electron chi connectivity index (χ3n) is 5.87. The molecule has 1 atom stereocenters. The molecule has 1 spiro atoms. The van der Waals surface area contributed by atoms with Crippen molar-refractivity contribution in [3.05, 3.63) is 41.9 Å². The standard InChI is InChI=1S/C19H27N5O2/c1-15-21-22-18(26-15)17-11-19(14-24(17)9-10-25)4-7-23(8-5-19)13-16-3-2-6-20-12-16/h2-3,6,12,17,25H,4-5,7-11,13-14H2,1H3. The van der Waals surface area contributed by atoms with Crippen LogP contribution in [0.4, 0.5) is 0 Å². The van der Waals surface area contributed by atoms with Crippen LogP contribution in [0.2, 0.25) is 0 Å². The van der Waals surface area contributed by atoms with Gasteiger partial charge in [-0.05, 0) is 49.4 Å². The highest BCUT2D eigenvalue weighted by atomic mass is 16.4. The second-order valence-electron chi connectivity index (χ2n) is 7.71. The van der Waals surface area contributed by atoms with Crippen LogP contribution < -0.4 is 0 Å². The van der Waals surface area contributed by atoms with Crippen molar-refractivity contribution in [2.75, 3.05) is 32.8 Å². The fraction of sp³-hybridized carbons (Fsp3) is 0.632. The van der Waals surface area contributed by atoms with E-state index in [4.69, 9.17) is 4.42 Å². The number of rotatable bonds is 5. The lowest BCUT2D eigenvalue weighted by atomic mass is 9.76. The van der Waals surface area contributed by atoms with E-state index in [0.717, 1.165) is 32.6 Å². The van der Waals surface area contributed by atoms with E-state index in [2.05, 4.69) is 31.0 Å². The lowest BCUT2D eigenvalue weighted by Gasteiger charge is -2.39.